The molecule has 0 saturated carbocycles. The van der Waals surface area contributed by atoms with Crippen molar-refractivity contribution < 1.29 is 27.9 Å². The van der Waals surface area contributed by atoms with E-state index in [1.165, 1.54) is 17.0 Å². The number of aromatic carboxylic acids is 1. The minimum atomic E-state index is -4.32. The van der Waals surface area contributed by atoms with Crippen LogP contribution in [0.5, 0.6) is 0 Å². The van der Waals surface area contributed by atoms with Crippen LogP contribution in [0.25, 0.3) is 0 Å². The number of halogens is 3. The fourth-order valence-electron chi connectivity index (χ4n) is 2.78. The summed E-state index contributed by atoms with van der Waals surface area (Å²) in [4.78, 5) is 24.2. The van der Waals surface area contributed by atoms with Gasteiger partial charge in [-0.05, 0) is 30.5 Å². The van der Waals surface area contributed by atoms with E-state index in [1.807, 2.05) is 0 Å². The van der Waals surface area contributed by atoms with Gasteiger partial charge >= 0.3 is 12.1 Å². The number of likely N-dealkylation sites (tertiary alicyclic amines) is 1. The van der Waals surface area contributed by atoms with E-state index in [1.54, 1.807) is 12.1 Å². The van der Waals surface area contributed by atoms with Crippen molar-refractivity contribution in [2.75, 3.05) is 13.1 Å². The topological polar surface area (TPSA) is 57.6 Å². The van der Waals surface area contributed by atoms with Crippen LogP contribution in [0.2, 0.25) is 0 Å². The number of benzene rings is 1. The number of amides is 1. The SMILES string of the molecule is O=C(O)c1ccc([C@H]2CCCN(C(=O)CCC(F)(F)F)C2)cc1. The summed E-state index contributed by atoms with van der Waals surface area (Å²) in [5, 5.41) is 8.88. The molecule has 0 radical (unpaired) electrons. The lowest BCUT2D eigenvalue weighted by Gasteiger charge is -2.33. The van der Waals surface area contributed by atoms with Crippen molar-refractivity contribution in [2.45, 2.75) is 37.8 Å². The average Bonchev–Trinajstić information content (AvgIpc) is 2.52. The Bertz CT molecular complexity index is 569. The summed E-state index contributed by atoms with van der Waals surface area (Å²) < 4.78 is 36.6. The van der Waals surface area contributed by atoms with Gasteiger partial charge in [0.05, 0.1) is 12.0 Å². The number of piperidine rings is 1. The number of carbonyl (C=O) groups is 2. The Morgan fingerprint density at radius 1 is 1.22 bits per heavy atom. The van der Waals surface area contributed by atoms with Gasteiger partial charge in [0.15, 0.2) is 0 Å². The van der Waals surface area contributed by atoms with Gasteiger partial charge in [0.25, 0.3) is 0 Å². The van der Waals surface area contributed by atoms with E-state index in [9.17, 15) is 22.8 Å². The van der Waals surface area contributed by atoms with Crippen molar-refractivity contribution >= 4 is 11.9 Å². The number of hydrogen-bond donors (Lipinski definition) is 1. The first-order valence-corrected chi connectivity index (χ1v) is 7.44. The smallest absolute Gasteiger partial charge is 0.389 e. The highest BCUT2D eigenvalue weighted by Crippen LogP contribution is 2.28. The van der Waals surface area contributed by atoms with E-state index >= 15 is 0 Å². The molecule has 0 aromatic heterocycles. The molecule has 0 bridgehead atoms. The zero-order chi connectivity index (χ0) is 17.0. The molecule has 1 fully saturated rings. The van der Waals surface area contributed by atoms with Crippen LogP contribution in [-0.4, -0.2) is 41.1 Å². The van der Waals surface area contributed by atoms with Gasteiger partial charge in [0, 0.05) is 25.4 Å². The molecule has 1 aliphatic heterocycles. The fraction of sp³-hybridized carbons (Fsp3) is 0.500. The minimum absolute atomic E-state index is 0.0291. The summed E-state index contributed by atoms with van der Waals surface area (Å²) in [6.07, 6.45) is -4.38. The van der Waals surface area contributed by atoms with Gasteiger partial charge in [-0.25, -0.2) is 4.79 Å². The quantitative estimate of drug-likeness (QED) is 0.921. The maximum absolute atomic E-state index is 12.2. The Morgan fingerprint density at radius 2 is 1.87 bits per heavy atom. The molecule has 2 rings (SSSR count). The molecule has 1 atom stereocenters. The van der Waals surface area contributed by atoms with Crippen LogP contribution in [0, 0.1) is 0 Å². The maximum atomic E-state index is 12.2. The van der Waals surface area contributed by atoms with E-state index in [0.717, 1.165) is 18.4 Å². The van der Waals surface area contributed by atoms with Crippen LogP contribution in [0.1, 0.15) is 47.5 Å². The van der Waals surface area contributed by atoms with Gasteiger partial charge in [-0.1, -0.05) is 12.1 Å². The molecule has 1 N–H and O–H groups in total. The number of hydrogen-bond acceptors (Lipinski definition) is 2. The van der Waals surface area contributed by atoms with Crippen LogP contribution >= 0.6 is 0 Å². The second-order valence-electron chi connectivity index (χ2n) is 5.72. The molecule has 23 heavy (non-hydrogen) atoms. The molecule has 0 aliphatic carbocycles. The molecule has 1 aromatic carbocycles. The summed E-state index contributed by atoms with van der Waals surface area (Å²) in [5.74, 6) is -1.46. The van der Waals surface area contributed by atoms with Gasteiger partial charge in [-0.3, -0.25) is 4.79 Å². The zero-order valence-electron chi connectivity index (χ0n) is 12.5. The molecule has 126 valence electrons. The number of carbonyl (C=O) groups excluding carboxylic acids is 1. The molecule has 7 heteroatoms. The molecule has 1 aromatic rings. The van der Waals surface area contributed by atoms with Crippen molar-refractivity contribution in [3.05, 3.63) is 35.4 Å². The van der Waals surface area contributed by atoms with Crippen LogP contribution in [0.4, 0.5) is 13.2 Å². The van der Waals surface area contributed by atoms with Gasteiger partial charge in [0.1, 0.15) is 0 Å². The van der Waals surface area contributed by atoms with E-state index in [0.29, 0.717) is 13.1 Å². The average molecular weight is 329 g/mol. The number of nitrogens with zero attached hydrogens (tertiary/aromatic N) is 1. The molecule has 0 spiro atoms. The summed E-state index contributed by atoms with van der Waals surface area (Å²) in [5.41, 5.74) is 1.09. The second-order valence-corrected chi connectivity index (χ2v) is 5.72. The summed E-state index contributed by atoms with van der Waals surface area (Å²) in [7, 11) is 0. The number of rotatable bonds is 4. The van der Waals surface area contributed by atoms with E-state index in [4.69, 9.17) is 5.11 Å². The maximum Gasteiger partial charge on any atom is 0.389 e. The Hall–Kier alpha value is -2.05. The third-order valence-electron chi connectivity index (χ3n) is 4.03. The fourth-order valence-corrected chi connectivity index (χ4v) is 2.78. The highest BCUT2D eigenvalue weighted by molar-refractivity contribution is 5.87. The van der Waals surface area contributed by atoms with Gasteiger partial charge in [0.2, 0.25) is 5.91 Å². The van der Waals surface area contributed by atoms with E-state index < -0.39 is 30.9 Å². The summed E-state index contributed by atoms with van der Waals surface area (Å²) in [6.45, 7) is 0.851. The molecule has 0 unspecified atom stereocenters. The van der Waals surface area contributed by atoms with Crippen LogP contribution in [-0.2, 0) is 4.79 Å². The van der Waals surface area contributed by atoms with E-state index in [2.05, 4.69) is 0 Å². The molecule has 1 aliphatic rings. The van der Waals surface area contributed by atoms with Gasteiger partial charge in [-0.15, -0.1) is 0 Å². The summed E-state index contributed by atoms with van der Waals surface area (Å²) in [6, 6.07) is 6.42. The highest BCUT2D eigenvalue weighted by Gasteiger charge is 2.31. The van der Waals surface area contributed by atoms with Crippen molar-refractivity contribution in [2.24, 2.45) is 0 Å². The van der Waals surface area contributed by atoms with Crippen molar-refractivity contribution in [3.8, 4) is 0 Å². The zero-order valence-corrected chi connectivity index (χ0v) is 12.5. The monoisotopic (exact) mass is 329 g/mol. The normalized spacial score (nSPS) is 18.7. The lowest BCUT2D eigenvalue weighted by atomic mass is 9.90. The highest BCUT2D eigenvalue weighted by atomic mass is 19.4. The third kappa shape index (κ3) is 4.97. The number of carboxylic acids is 1. The first kappa shape index (κ1) is 17.3. The second kappa shape index (κ2) is 7.02. The number of alkyl halides is 3. The predicted molar refractivity (Wildman–Crippen MR) is 77.2 cm³/mol. The van der Waals surface area contributed by atoms with Crippen molar-refractivity contribution in [3.63, 3.8) is 0 Å². The lowest BCUT2D eigenvalue weighted by molar-refractivity contribution is -0.149. The largest absolute Gasteiger partial charge is 0.478 e. The van der Waals surface area contributed by atoms with Gasteiger partial charge < -0.3 is 10.0 Å². The molecule has 1 saturated heterocycles. The van der Waals surface area contributed by atoms with Crippen LogP contribution in [0.3, 0.4) is 0 Å². The Labute approximate surface area is 131 Å². The Balaban J connectivity index is 1.97. The van der Waals surface area contributed by atoms with Crippen molar-refractivity contribution in [1.82, 2.24) is 4.90 Å². The van der Waals surface area contributed by atoms with E-state index in [-0.39, 0.29) is 11.5 Å². The lowest BCUT2D eigenvalue weighted by Crippen LogP contribution is -2.39. The van der Waals surface area contributed by atoms with Crippen LogP contribution < -0.4 is 0 Å². The van der Waals surface area contributed by atoms with Crippen molar-refractivity contribution in [1.29, 1.82) is 0 Å². The minimum Gasteiger partial charge on any atom is -0.478 e. The Kier molecular flexibility index (Phi) is 5.28. The molecular weight excluding hydrogens is 311 g/mol. The molecule has 1 amide bonds. The standard InChI is InChI=1S/C16H18F3NO3/c17-16(18,19)8-7-14(21)20-9-1-2-13(10-20)11-3-5-12(6-4-11)15(22)23/h3-6,13H,1-2,7-10H2,(H,22,23)/t13-/m0/s1. The number of carboxylic acid groups (broad SMARTS) is 1. The van der Waals surface area contributed by atoms with Gasteiger partial charge in [-0.2, -0.15) is 13.2 Å². The molecular formula is C16H18F3NO3. The third-order valence-corrected chi connectivity index (χ3v) is 4.03. The molecule has 1 heterocycles. The van der Waals surface area contributed by atoms with Crippen LogP contribution in [0.15, 0.2) is 24.3 Å². The predicted octanol–water partition coefficient (Wildman–Crippen LogP) is 3.43. The first-order chi connectivity index (χ1) is 10.8. The Morgan fingerprint density at radius 3 is 2.43 bits per heavy atom. The molecule has 4 nitrogen and oxygen atoms in total. The summed E-state index contributed by atoms with van der Waals surface area (Å²) >= 11 is 0. The first-order valence-electron chi connectivity index (χ1n) is 7.44.